The van der Waals surface area contributed by atoms with Crippen molar-refractivity contribution < 1.29 is 22.4 Å². The topological polar surface area (TPSA) is 115 Å². The number of carbonyl (C=O) groups excluding carboxylic acids is 1. The smallest absolute Gasteiger partial charge is 0.322 e. The lowest BCUT2D eigenvalue weighted by Crippen LogP contribution is -2.32. The van der Waals surface area contributed by atoms with Crippen molar-refractivity contribution in [1.82, 2.24) is 14.5 Å². The van der Waals surface area contributed by atoms with E-state index in [-0.39, 0.29) is 22.4 Å². The molecular weight excluding hydrogens is 444 g/mol. The number of sulfonamides is 1. The van der Waals surface area contributed by atoms with Gasteiger partial charge >= 0.3 is 6.01 Å². The van der Waals surface area contributed by atoms with Crippen LogP contribution >= 0.6 is 0 Å². The Labute approximate surface area is 193 Å². The second-order valence-electron chi connectivity index (χ2n) is 7.25. The van der Waals surface area contributed by atoms with Crippen molar-refractivity contribution in [2.45, 2.75) is 38.5 Å². The molecule has 3 aromatic rings. The molecule has 0 saturated carbocycles. The van der Waals surface area contributed by atoms with Gasteiger partial charge in [-0.2, -0.15) is 4.31 Å². The Balaban J connectivity index is 1.69. The highest BCUT2D eigenvalue weighted by atomic mass is 32.2. The molecule has 0 spiro atoms. The molecule has 0 radical (unpaired) electrons. The highest BCUT2D eigenvalue weighted by Gasteiger charge is 2.23. The van der Waals surface area contributed by atoms with E-state index in [9.17, 15) is 13.2 Å². The molecule has 9 nitrogen and oxygen atoms in total. The Morgan fingerprint density at radius 3 is 2.18 bits per heavy atom. The minimum Gasteiger partial charge on any atom is -0.494 e. The molecule has 2 aromatic carbocycles. The number of anilines is 1. The summed E-state index contributed by atoms with van der Waals surface area (Å²) in [5.74, 6) is 0.494. The quantitative estimate of drug-likeness (QED) is 0.445. The molecule has 1 aromatic heterocycles. The monoisotopic (exact) mass is 472 g/mol. The van der Waals surface area contributed by atoms with Crippen molar-refractivity contribution >= 4 is 21.9 Å². The van der Waals surface area contributed by atoms with E-state index in [0.29, 0.717) is 25.3 Å². The molecule has 33 heavy (non-hydrogen) atoms. The van der Waals surface area contributed by atoms with E-state index in [4.69, 9.17) is 9.15 Å². The van der Waals surface area contributed by atoms with Crippen LogP contribution in [0.15, 0.2) is 57.8 Å². The van der Waals surface area contributed by atoms with Crippen LogP contribution in [-0.4, -0.2) is 48.5 Å². The summed E-state index contributed by atoms with van der Waals surface area (Å²) in [4.78, 5) is 12.7. The van der Waals surface area contributed by atoms with E-state index in [1.807, 2.05) is 20.8 Å². The number of hydrogen-bond donors (Lipinski definition) is 1. The van der Waals surface area contributed by atoms with Gasteiger partial charge < -0.3 is 9.15 Å². The number of rotatable bonds is 11. The first-order valence-corrected chi connectivity index (χ1v) is 12.3. The lowest BCUT2D eigenvalue weighted by Gasteiger charge is -2.21. The van der Waals surface area contributed by atoms with E-state index in [2.05, 4.69) is 15.5 Å². The Hall–Kier alpha value is -3.24. The molecule has 0 fully saturated rings. The maximum absolute atomic E-state index is 12.9. The zero-order valence-corrected chi connectivity index (χ0v) is 19.8. The normalized spacial score (nSPS) is 11.5. The zero-order chi connectivity index (χ0) is 23.8. The molecule has 0 saturated heterocycles. The van der Waals surface area contributed by atoms with Crippen molar-refractivity contribution in [2.24, 2.45) is 0 Å². The van der Waals surface area contributed by atoms with Crippen LogP contribution in [0.2, 0.25) is 0 Å². The van der Waals surface area contributed by atoms with Gasteiger partial charge in [-0.1, -0.05) is 18.9 Å². The summed E-state index contributed by atoms with van der Waals surface area (Å²) in [5.41, 5.74) is 0.956. The fourth-order valence-corrected chi connectivity index (χ4v) is 4.82. The van der Waals surface area contributed by atoms with Crippen LogP contribution in [0.25, 0.3) is 11.5 Å². The SMILES string of the molecule is CCCN(CCC)S(=O)(=O)c1ccc(C(=O)Nc2nnc(-c3ccc(OCC)cc3)o2)cc1. The van der Waals surface area contributed by atoms with Gasteiger partial charge in [0.15, 0.2) is 0 Å². The van der Waals surface area contributed by atoms with E-state index >= 15 is 0 Å². The average molecular weight is 473 g/mol. The van der Waals surface area contributed by atoms with Crippen LogP contribution in [0.3, 0.4) is 0 Å². The first-order chi connectivity index (χ1) is 15.9. The molecule has 10 heteroatoms. The molecule has 3 rings (SSSR count). The summed E-state index contributed by atoms with van der Waals surface area (Å²) in [6.45, 7) is 7.24. The second kappa shape index (κ2) is 11.1. The van der Waals surface area contributed by atoms with Gasteiger partial charge in [0.1, 0.15) is 5.75 Å². The fourth-order valence-electron chi connectivity index (χ4n) is 3.20. The van der Waals surface area contributed by atoms with Gasteiger partial charge in [-0.3, -0.25) is 10.1 Å². The number of carbonyl (C=O) groups is 1. The summed E-state index contributed by atoms with van der Waals surface area (Å²) >= 11 is 0. The van der Waals surface area contributed by atoms with Crippen molar-refractivity contribution in [1.29, 1.82) is 0 Å². The van der Waals surface area contributed by atoms with Crippen molar-refractivity contribution in [3.8, 4) is 17.2 Å². The number of nitrogens with zero attached hydrogens (tertiary/aromatic N) is 3. The molecule has 0 aliphatic carbocycles. The maximum atomic E-state index is 12.9. The predicted molar refractivity (Wildman–Crippen MR) is 125 cm³/mol. The van der Waals surface area contributed by atoms with E-state index in [1.165, 1.54) is 28.6 Å². The zero-order valence-electron chi connectivity index (χ0n) is 18.9. The second-order valence-corrected chi connectivity index (χ2v) is 9.19. The minimum absolute atomic E-state index is 0.0577. The number of benzene rings is 2. The minimum atomic E-state index is -3.61. The number of hydrogen-bond acceptors (Lipinski definition) is 7. The lowest BCUT2D eigenvalue weighted by molar-refractivity contribution is 0.102. The molecule has 176 valence electrons. The Morgan fingerprint density at radius 1 is 0.970 bits per heavy atom. The molecule has 1 N–H and O–H groups in total. The summed E-state index contributed by atoms with van der Waals surface area (Å²) in [6, 6.07) is 12.9. The average Bonchev–Trinajstić information content (AvgIpc) is 3.28. The van der Waals surface area contributed by atoms with E-state index in [0.717, 1.165) is 18.6 Å². The number of ether oxygens (including phenoxy) is 1. The first-order valence-electron chi connectivity index (χ1n) is 10.9. The third kappa shape index (κ3) is 5.96. The Morgan fingerprint density at radius 2 is 1.61 bits per heavy atom. The maximum Gasteiger partial charge on any atom is 0.322 e. The highest BCUT2D eigenvalue weighted by molar-refractivity contribution is 7.89. The Kier molecular flexibility index (Phi) is 8.18. The number of nitrogens with one attached hydrogen (secondary N) is 1. The molecule has 0 aliphatic heterocycles. The summed E-state index contributed by atoms with van der Waals surface area (Å²) < 4.78 is 38.1. The van der Waals surface area contributed by atoms with Gasteiger partial charge in [0, 0.05) is 24.2 Å². The Bertz CT molecular complexity index is 1150. The van der Waals surface area contributed by atoms with Crippen LogP contribution in [0.5, 0.6) is 5.75 Å². The summed E-state index contributed by atoms with van der Waals surface area (Å²) in [7, 11) is -3.61. The molecule has 0 unspecified atom stereocenters. The van der Waals surface area contributed by atoms with E-state index < -0.39 is 15.9 Å². The third-order valence-corrected chi connectivity index (χ3v) is 6.67. The molecule has 0 bridgehead atoms. The van der Waals surface area contributed by atoms with E-state index in [1.54, 1.807) is 24.3 Å². The fraction of sp³-hybridized carbons (Fsp3) is 0.348. The largest absolute Gasteiger partial charge is 0.494 e. The predicted octanol–water partition coefficient (Wildman–Crippen LogP) is 4.20. The molecular formula is C23H28N4O5S. The van der Waals surface area contributed by atoms with Crippen LogP contribution in [0, 0.1) is 0 Å². The van der Waals surface area contributed by atoms with Crippen LogP contribution < -0.4 is 10.1 Å². The van der Waals surface area contributed by atoms with Crippen molar-refractivity contribution in [3.05, 3.63) is 54.1 Å². The third-order valence-electron chi connectivity index (χ3n) is 4.76. The van der Waals surface area contributed by atoms with Gasteiger partial charge in [-0.15, -0.1) is 5.10 Å². The number of amides is 1. The van der Waals surface area contributed by atoms with Gasteiger partial charge in [-0.05, 0) is 68.3 Å². The highest BCUT2D eigenvalue weighted by Crippen LogP contribution is 2.23. The molecule has 0 atom stereocenters. The summed E-state index contributed by atoms with van der Waals surface area (Å²) in [5, 5.41) is 10.3. The van der Waals surface area contributed by atoms with Gasteiger partial charge in [0.2, 0.25) is 15.9 Å². The van der Waals surface area contributed by atoms with Crippen LogP contribution in [0.1, 0.15) is 44.0 Å². The summed E-state index contributed by atoms with van der Waals surface area (Å²) in [6.07, 6.45) is 1.45. The first kappa shape index (κ1) is 24.4. The van der Waals surface area contributed by atoms with Crippen molar-refractivity contribution in [2.75, 3.05) is 25.0 Å². The number of aromatic nitrogens is 2. The molecule has 0 aliphatic rings. The molecule has 1 amide bonds. The van der Waals surface area contributed by atoms with Gasteiger partial charge in [0.25, 0.3) is 5.91 Å². The molecule has 1 heterocycles. The van der Waals surface area contributed by atoms with Crippen LogP contribution in [-0.2, 0) is 10.0 Å². The van der Waals surface area contributed by atoms with Crippen molar-refractivity contribution in [3.63, 3.8) is 0 Å². The van der Waals surface area contributed by atoms with Gasteiger partial charge in [0.05, 0.1) is 11.5 Å². The van der Waals surface area contributed by atoms with Gasteiger partial charge in [-0.25, -0.2) is 8.42 Å². The lowest BCUT2D eigenvalue weighted by atomic mass is 10.2. The van der Waals surface area contributed by atoms with Crippen LogP contribution in [0.4, 0.5) is 6.01 Å². The standard InChI is InChI=1S/C23H28N4O5S/c1-4-15-27(16-5-2)33(29,30)20-13-9-17(10-14-20)21(28)24-23-26-25-22(32-23)18-7-11-19(12-8-18)31-6-3/h7-14H,4-6,15-16H2,1-3H3,(H,24,26,28).